The molecule has 0 saturated carbocycles. The second-order valence-corrected chi connectivity index (χ2v) is 6.12. The first-order valence-corrected chi connectivity index (χ1v) is 6.66. The molecule has 2 nitrogen and oxygen atoms in total. The maximum atomic E-state index is 6.27. The first-order valence-electron chi connectivity index (χ1n) is 6.28. The van der Waals surface area contributed by atoms with Gasteiger partial charge < -0.3 is 10.6 Å². The summed E-state index contributed by atoms with van der Waals surface area (Å²) >= 11 is 6.27. The van der Waals surface area contributed by atoms with Crippen LogP contribution in [0.1, 0.15) is 33.1 Å². The highest BCUT2D eigenvalue weighted by Crippen LogP contribution is 2.34. The zero-order chi connectivity index (χ0) is 12.5. The van der Waals surface area contributed by atoms with Gasteiger partial charge in [-0.15, -0.1) is 0 Å². The topological polar surface area (TPSA) is 29.3 Å². The van der Waals surface area contributed by atoms with E-state index in [-0.39, 0.29) is 0 Å². The number of benzene rings is 1. The van der Waals surface area contributed by atoms with Crippen LogP contribution in [0.25, 0.3) is 0 Å². The average molecular weight is 253 g/mol. The number of rotatable bonds is 1. The molecular formula is C14H21ClN2. The third kappa shape index (κ3) is 3.06. The van der Waals surface area contributed by atoms with E-state index in [2.05, 4.69) is 18.7 Å². The van der Waals surface area contributed by atoms with Crippen molar-refractivity contribution < 1.29 is 0 Å². The third-order valence-corrected chi connectivity index (χ3v) is 3.96. The molecule has 0 amide bonds. The first-order chi connectivity index (χ1) is 7.98. The SMILES string of the molecule is CC1(C)CCCN(c2ccc(N)cc2Cl)CC1. The van der Waals surface area contributed by atoms with Gasteiger partial charge >= 0.3 is 0 Å². The second kappa shape index (κ2) is 4.77. The van der Waals surface area contributed by atoms with Crippen LogP contribution in [0.3, 0.4) is 0 Å². The van der Waals surface area contributed by atoms with Crippen molar-refractivity contribution in [1.29, 1.82) is 0 Å². The molecule has 1 fully saturated rings. The van der Waals surface area contributed by atoms with Crippen LogP contribution in [0, 0.1) is 5.41 Å². The Bertz CT molecular complexity index is 401. The molecule has 3 heteroatoms. The maximum Gasteiger partial charge on any atom is 0.0660 e. The van der Waals surface area contributed by atoms with Crippen molar-refractivity contribution >= 4 is 23.0 Å². The molecular weight excluding hydrogens is 232 g/mol. The fourth-order valence-corrected chi connectivity index (χ4v) is 2.75. The molecule has 1 saturated heterocycles. The summed E-state index contributed by atoms with van der Waals surface area (Å²) in [4.78, 5) is 2.39. The largest absolute Gasteiger partial charge is 0.399 e. The van der Waals surface area contributed by atoms with Crippen LogP contribution in [-0.2, 0) is 0 Å². The molecule has 2 N–H and O–H groups in total. The zero-order valence-corrected chi connectivity index (χ0v) is 11.4. The summed E-state index contributed by atoms with van der Waals surface area (Å²) in [5.41, 5.74) is 8.04. The van der Waals surface area contributed by atoms with E-state index in [0.717, 1.165) is 29.5 Å². The molecule has 0 atom stereocenters. The molecule has 1 aliphatic heterocycles. The van der Waals surface area contributed by atoms with E-state index < -0.39 is 0 Å². The van der Waals surface area contributed by atoms with Gasteiger partial charge in [-0.2, -0.15) is 0 Å². The third-order valence-electron chi connectivity index (χ3n) is 3.65. The Morgan fingerprint density at radius 2 is 2.00 bits per heavy atom. The number of halogens is 1. The number of anilines is 2. The Kier molecular flexibility index (Phi) is 3.53. The number of nitrogen functional groups attached to an aromatic ring is 1. The highest BCUT2D eigenvalue weighted by atomic mass is 35.5. The van der Waals surface area contributed by atoms with Crippen LogP contribution in [0.15, 0.2) is 18.2 Å². The molecule has 0 unspecified atom stereocenters. The van der Waals surface area contributed by atoms with Gasteiger partial charge in [0.15, 0.2) is 0 Å². The van der Waals surface area contributed by atoms with Crippen LogP contribution in [0.4, 0.5) is 11.4 Å². The highest BCUT2D eigenvalue weighted by Gasteiger charge is 2.23. The van der Waals surface area contributed by atoms with E-state index in [4.69, 9.17) is 17.3 Å². The minimum Gasteiger partial charge on any atom is -0.399 e. The van der Waals surface area contributed by atoms with Gasteiger partial charge in [-0.3, -0.25) is 0 Å². The standard InChI is InChI=1S/C14H21ClN2/c1-14(2)6-3-8-17(9-7-14)13-5-4-11(16)10-12(13)15/h4-5,10H,3,6-9,16H2,1-2H3. The van der Waals surface area contributed by atoms with Crippen molar-refractivity contribution in [2.75, 3.05) is 23.7 Å². The summed E-state index contributed by atoms with van der Waals surface area (Å²) in [5.74, 6) is 0. The molecule has 1 aliphatic rings. The number of hydrogen-bond donors (Lipinski definition) is 1. The van der Waals surface area contributed by atoms with E-state index in [0.29, 0.717) is 5.41 Å². The molecule has 1 aromatic rings. The fraction of sp³-hybridized carbons (Fsp3) is 0.571. The van der Waals surface area contributed by atoms with Crippen LogP contribution in [0.5, 0.6) is 0 Å². The summed E-state index contributed by atoms with van der Waals surface area (Å²) in [6.45, 7) is 6.87. The quantitative estimate of drug-likeness (QED) is 0.767. The van der Waals surface area contributed by atoms with Crippen molar-refractivity contribution in [3.8, 4) is 0 Å². The molecule has 0 bridgehead atoms. The van der Waals surface area contributed by atoms with Crippen molar-refractivity contribution in [3.63, 3.8) is 0 Å². The minimum atomic E-state index is 0.453. The summed E-state index contributed by atoms with van der Waals surface area (Å²) in [6.07, 6.45) is 3.73. The normalized spacial score (nSPS) is 20.1. The lowest BCUT2D eigenvalue weighted by atomic mass is 9.85. The van der Waals surface area contributed by atoms with Crippen LogP contribution in [0.2, 0.25) is 5.02 Å². The van der Waals surface area contributed by atoms with Crippen LogP contribution in [-0.4, -0.2) is 13.1 Å². The summed E-state index contributed by atoms with van der Waals surface area (Å²) in [5, 5.41) is 0.768. The lowest BCUT2D eigenvalue weighted by Crippen LogP contribution is -2.25. The number of nitrogens with zero attached hydrogens (tertiary/aromatic N) is 1. The van der Waals surface area contributed by atoms with E-state index >= 15 is 0 Å². The monoisotopic (exact) mass is 252 g/mol. The van der Waals surface area contributed by atoms with Crippen molar-refractivity contribution in [1.82, 2.24) is 0 Å². The van der Waals surface area contributed by atoms with Gasteiger partial charge in [0.25, 0.3) is 0 Å². The zero-order valence-electron chi connectivity index (χ0n) is 10.7. The maximum absolute atomic E-state index is 6.27. The van der Waals surface area contributed by atoms with Crippen LogP contribution >= 0.6 is 11.6 Å². The van der Waals surface area contributed by atoms with Gasteiger partial charge in [-0.05, 0) is 42.9 Å². The van der Waals surface area contributed by atoms with Gasteiger partial charge in [0.1, 0.15) is 0 Å². The smallest absolute Gasteiger partial charge is 0.0660 e. The van der Waals surface area contributed by atoms with E-state index in [1.807, 2.05) is 18.2 Å². The van der Waals surface area contributed by atoms with Gasteiger partial charge in [-0.25, -0.2) is 0 Å². The Morgan fingerprint density at radius 3 is 2.71 bits per heavy atom. The van der Waals surface area contributed by atoms with Gasteiger partial charge in [0, 0.05) is 18.8 Å². The van der Waals surface area contributed by atoms with Gasteiger partial charge in [-0.1, -0.05) is 25.4 Å². The molecule has 94 valence electrons. The average Bonchev–Trinajstić information content (AvgIpc) is 2.40. The van der Waals surface area contributed by atoms with E-state index in [1.54, 1.807) is 0 Å². The second-order valence-electron chi connectivity index (χ2n) is 5.72. The molecule has 0 aliphatic carbocycles. The fourth-order valence-electron chi connectivity index (χ4n) is 2.44. The molecule has 1 heterocycles. The van der Waals surface area contributed by atoms with Crippen LogP contribution < -0.4 is 10.6 Å². The molecule has 2 rings (SSSR count). The molecule has 0 aromatic heterocycles. The van der Waals surface area contributed by atoms with E-state index in [1.165, 1.54) is 19.3 Å². The lowest BCUT2D eigenvalue weighted by molar-refractivity contribution is 0.325. The predicted molar refractivity (Wildman–Crippen MR) is 75.7 cm³/mol. The molecule has 1 aromatic carbocycles. The number of nitrogens with two attached hydrogens (primary N) is 1. The predicted octanol–water partition coefficient (Wildman–Crippen LogP) is 3.94. The Balaban J connectivity index is 2.17. The Hall–Kier alpha value is -0.890. The molecule has 17 heavy (non-hydrogen) atoms. The van der Waals surface area contributed by atoms with Crippen molar-refractivity contribution in [3.05, 3.63) is 23.2 Å². The lowest BCUT2D eigenvalue weighted by Gasteiger charge is -2.25. The first kappa shape index (κ1) is 12.6. The van der Waals surface area contributed by atoms with Gasteiger partial charge in [0.05, 0.1) is 10.7 Å². The summed E-state index contributed by atoms with van der Waals surface area (Å²) < 4.78 is 0. The Labute approximate surface area is 109 Å². The van der Waals surface area contributed by atoms with Crippen molar-refractivity contribution in [2.24, 2.45) is 5.41 Å². The molecule has 0 spiro atoms. The molecule has 0 radical (unpaired) electrons. The van der Waals surface area contributed by atoms with Crippen molar-refractivity contribution in [2.45, 2.75) is 33.1 Å². The number of hydrogen-bond acceptors (Lipinski definition) is 2. The highest BCUT2D eigenvalue weighted by molar-refractivity contribution is 6.33. The Morgan fingerprint density at radius 1 is 1.24 bits per heavy atom. The van der Waals surface area contributed by atoms with Gasteiger partial charge in [0.2, 0.25) is 0 Å². The minimum absolute atomic E-state index is 0.453. The van der Waals surface area contributed by atoms with E-state index in [9.17, 15) is 0 Å². The summed E-state index contributed by atoms with van der Waals surface area (Å²) in [7, 11) is 0. The summed E-state index contributed by atoms with van der Waals surface area (Å²) in [6, 6.07) is 5.81.